The Morgan fingerprint density at radius 1 is 1.23 bits per heavy atom. The number of nitrogens with one attached hydrogen (secondary N) is 2. The Labute approximate surface area is 128 Å². The van der Waals surface area contributed by atoms with Gasteiger partial charge in [0.25, 0.3) is 0 Å². The number of imide groups is 1. The van der Waals surface area contributed by atoms with Crippen LogP contribution in [0.2, 0.25) is 0 Å². The molecule has 0 bridgehead atoms. The number of hydrogen-bond acceptors (Lipinski definition) is 3. The minimum atomic E-state index is -0.312. The molecule has 1 aromatic rings. The molecule has 5 nitrogen and oxygen atoms in total. The molecule has 3 rings (SSSR count). The second-order valence-corrected chi connectivity index (χ2v) is 5.85. The van der Waals surface area contributed by atoms with Gasteiger partial charge in [0.15, 0.2) is 0 Å². The largest absolute Gasteiger partial charge is 0.329 e. The summed E-state index contributed by atoms with van der Waals surface area (Å²) in [6.07, 6.45) is 3.26. The van der Waals surface area contributed by atoms with E-state index < -0.39 is 0 Å². The third-order valence-electron chi connectivity index (χ3n) is 4.49. The van der Waals surface area contributed by atoms with Gasteiger partial charge >= 0.3 is 6.03 Å². The molecule has 2 fully saturated rings. The van der Waals surface area contributed by atoms with E-state index in [1.165, 1.54) is 17.0 Å². The highest BCUT2D eigenvalue weighted by molar-refractivity contribution is 6.01. The molecular formula is C16H20FN3O2. The van der Waals surface area contributed by atoms with E-state index in [4.69, 9.17) is 0 Å². The summed E-state index contributed by atoms with van der Waals surface area (Å²) >= 11 is 0. The summed E-state index contributed by atoms with van der Waals surface area (Å²) in [5.41, 5.74) is 1.14. The molecule has 22 heavy (non-hydrogen) atoms. The van der Waals surface area contributed by atoms with Crippen LogP contribution in [-0.4, -0.2) is 42.5 Å². The van der Waals surface area contributed by atoms with Crippen LogP contribution in [0.15, 0.2) is 24.3 Å². The van der Waals surface area contributed by atoms with E-state index in [0.29, 0.717) is 25.0 Å². The molecular weight excluding hydrogens is 285 g/mol. The Hall–Kier alpha value is -1.95. The first kappa shape index (κ1) is 15.0. The maximum Gasteiger partial charge on any atom is 0.324 e. The predicted molar refractivity (Wildman–Crippen MR) is 79.9 cm³/mol. The maximum absolute atomic E-state index is 13.0. The van der Waals surface area contributed by atoms with Crippen LogP contribution in [0.25, 0.3) is 0 Å². The van der Waals surface area contributed by atoms with Crippen molar-refractivity contribution in [1.29, 1.82) is 0 Å². The Bertz CT molecular complexity index is 545. The number of urea groups is 1. The minimum Gasteiger partial charge on any atom is -0.329 e. The number of amides is 3. The van der Waals surface area contributed by atoms with Crippen molar-refractivity contribution in [1.82, 2.24) is 15.5 Å². The van der Waals surface area contributed by atoms with Crippen LogP contribution < -0.4 is 10.6 Å². The van der Waals surface area contributed by atoms with Gasteiger partial charge < -0.3 is 10.6 Å². The highest BCUT2D eigenvalue weighted by Crippen LogP contribution is 2.34. The van der Waals surface area contributed by atoms with E-state index >= 15 is 0 Å². The first-order valence-corrected chi connectivity index (χ1v) is 7.72. The quantitative estimate of drug-likeness (QED) is 0.812. The SMILES string of the molecule is O=C1CNC(=O)N1CCN[C@@H]1CCC[C@H]1c1ccc(F)cc1. The summed E-state index contributed by atoms with van der Waals surface area (Å²) in [6, 6.07) is 6.68. The lowest BCUT2D eigenvalue weighted by Crippen LogP contribution is -2.40. The zero-order valence-electron chi connectivity index (χ0n) is 12.3. The number of benzene rings is 1. The van der Waals surface area contributed by atoms with Gasteiger partial charge in [-0.3, -0.25) is 9.69 Å². The van der Waals surface area contributed by atoms with Crippen molar-refractivity contribution >= 4 is 11.9 Å². The van der Waals surface area contributed by atoms with Crippen LogP contribution in [0.4, 0.5) is 9.18 Å². The van der Waals surface area contributed by atoms with E-state index in [1.54, 1.807) is 0 Å². The summed E-state index contributed by atoms with van der Waals surface area (Å²) in [4.78, 5) is 24.2. The summed E-state index contributed by atoms with van der Waals surface area (Å²) in [7, 11) is 0. The molecule has 6 heteroatoms. The molecule has 2 atom stereocenters. The molecule has 2 N–H and O–H groups in total. The molecule has 118 valence electrons. The average Bonchev–Trinajstić information content (AvgIpc) is 3.09. The number of rotatable bonds is 5. The molecule has 0 unspecified atom stereocenters. The molecule has 0 radical (unpaired) electrons. The van der Waals surface area contributed by atoms with Crippen molar-refractivity contribution < 1.29 is 14.0 Å². The summed E-state index contributed by atoms with van der Waals surface area (Å²) in [6.45, 7) is 1.07. The smallest absolute Gasteiger partial charge is 0.324 e. The maximum atomic E-state index is 13.0. The van der Waals surface area contributed by atoms with Crippen LogP contribution in [0, 0.1) is 5.82 Å². The highest BCUT2D eigenvalue weighted by atomic mass is 19.1. The molecule has 3 amide bonds. The van der Waals surface area contributed by atoms with Crippen LogP contribution in [0.3, 0.4) is 0 Å². The van der Waals surface area contributed by atoms with Crippen LogP contribution >= 0.6 is 0 Å². The number of carbonyl (C=O) groups is 2. The van der Waals surface area contributed by atoms with Gasteiger partial charge in [-0.2, -0.15) is 0 Å². The van der Waals surface area contributed by atoms with E-state index in [-0.39, 0.29) is 24.3 Å². The number of carbonyl (C=O) groups excluding carboxylic acids is 2. The lowest BCUT2D eigenvalue weighted by molar-refractivity contribution is -0.124. The van der Waals surface area contributed by atoms with Gasteiger partial charge in [0.2, 0.25) is 5.91 Å². The molecule has 1 aliphatic carbocycles. The Kier molecular flexibility index (Phi) is 4.38. The molecule has 0 aromatic heterocycles. The molecule has 1 heterocycles. The monoisotopic (exact) mass is 305 g/mol. The van der Waals surface area contributed by atoms with E-state index in [9.17, 15) is 14.0 Å². The van der Waals surface area contributed by atoms with Gasteiger partial charge in [-0.1, -0.05) is 18.6 Å². The van der Waals surface area contributed by atoms with Crippen molar-refractivity contribution in [3.05, 3.63) is 35.6 Å². The van der Waals surface area contributed by atoms with Crippen LogP contribution in [0.1, 0.15) is 30.7 Å². The topological polar surface area (TPSA) is 61.4 Å². The first-order chi connectivity index (χ1) is 10.6. The van der Waals surface area contributed by atoms with Gasteiger partial charge in [-0.05, 0) is 36.5 Å². The van der Waals surface area contributed by atoms with Gasteiger partial charge in [-0.25, -0.2) is 9.18 Å². The second kappa shape index (κ2) is 6.44. The van der Waals surface area contributed by atoms with Gasteiger partial charge in [0, 0.05) is 19.1 Å². The molecule has 1 saturated carbocycles. The average molecular weight is 305 g/mol. The van der Waals surface area contributed by atoms with Crippen molar-refractivity contribution in [3.8, 4) is 0 Å². The van der Waals surface area contributed by atoms with Gasteiger partial charge in [0.05, 0.1) is 6.54 Å². The van der Waals surface area contributed by atoms with Gasteiger partial charge in [-0.15, -0.1) is 0 Å². The Morgan fingerprint density at radius 2 is 2.00 bits per heavy atom. The molecule has 1 aromatic carbocycles. The summed E-state index contributed by atoms with van der Waals surface area (Å²) < 4.78 is 13.0. The van der Waals surface area contributed by atoms with Crippen molar-refractivity contribution in [2.75, 3.05) is 19.6 Å². The van der Waals surface area contributed by atoms with E-state index in [0.717, 1.165) is 24.8 Å². The zero-order chi connectivity index (χ0) is 15.5. The summed E-state index contributed by atoms with van der Waals surface area (Å²) in [5.74, 6) is -0.0261. The van der Waals surface area contributed by atoms with Crippen molar-refractivity contribution in [2.45, 2.75) is 31.2 Å². The number of halogens is 1. The zero-order valence-corrected chi connectivity index (χ0v) is 12.3. The van der Waals surface area contributed by atoms with E-state index in [1.807, 2.05) is 12.1 Å². The Morgan fingerprint density at radius 3 is 2.68 bits per heavy atom. The fourth-order valence-corrected chi connectivity index (χ4v) is 3.36. The third kappa shape index (κ3) is 3.11. The second-order valence-electron chi connectivity index (χ2n) is 5.85. The molecule has 1 aliphatic heterocycles. The number of nitrogens with zero attached hydrogens (tertiary/aromatic N) is 1. The predicted octanol–water partition coefficient (Wildman–Crippen LogP) is 1.60. The van der Waals surface area contributed by atoms with Crippen LogP contribution in [-0.2, 0) is 4.79 Å². The fraction of sp³-hybridized carbons (Fsp3) is 0.500. The first-order valence-electron chi connectivity index (χ1n) is 7.72. The van der Waals surface area contributed by atoms with Gasteiger partial charge in [0.1, 0.15) is 5.82 Å². The molecule has 0 spiro atoms. The normalized spacial score (nSPS) is 24.9. The third-order valence-corrected chi connectivity index (χ3v) is 4.49. The lowest BCUT2D eigenvalue weighted by Gasteiger charge is -2.22. The summed E-state index contributed by atoms with van der Waals surface area (Å²) in [5, 5.41) is 5.96. The number of hydrogen-bond donors (Lipinski definition) is 2. The van der Waals surface area contributed by atoms with Crippen LogP contribution in [0.5, 0.6) is 0 Å². The fourth-order valence-electron chi connectivity index (χ4n) is 3.36. The standard InChI is InChI=1S/C16H20FN3O2/c17-12-6-4-11(5-7-12)13-2-1-3-14(13)18-8-9-20-15(21)10-19-16(20)22/h4-7,13-14,18H,1-3,8-10H2,(H,19,22)/t13-,14+/m0/s1. The lowest BCUT2D eigenvalue weighted by atomic mass is 9.94. The van der Waals surface area contributed by atoms with Crippen molar-refractivity contribution in [2.24, 2.45) is 0 Å². The van der Waals surface area contributed by atoms with Crippen molar-refractivity contribution in [3.63, 3.8) is 0 Å². The highest BCUT2D eigenvalue weighted by Gasteiger charge is 2.30. The molecule has 2 aliphatic rings. The molecule has 1 saturated heterocycles. The minimum absolute atomic E-state index is 0.0977. The van der Waals surface area contributed by atoms with E-state index in [2.05, 4.69) is 10.6 Å². The Balaban J connectivity index is 1.54.